The van der Waals surface area contributed by atoms with E-state index < -0.39 is 14.1 Å². The topological polar surface area (TPSA) is 83.5 Å². The summed E-state index contributed by atoms with van der Waals surface area (Å²) >= 11 is 0. The molecular weight excluding hydrogens is 392 g/mol. The Kier molecular flexibility index (Phi) is 7.92. The van der Waals surface area contributed by atoms with Crippen molar-refractivity contribution in [1.29, 1.82) is 0 Å². The van der Waals surface area contributed by atoms with Gasteiger partial charge >= 0.3 is 0 Å². The highest BCUT2D eigenvalue weighted by molar-refractivity contribution is 6.73. The largest absolute Gasteiger partial charge is 0.413 e. The van der Waals surface area contributed by atoms with Crippen LogP contribution in [0.25, 0.3) is 0 Å². The Labute approximate surface area is 175 Å². The van der Waals surface area contributed by atoms with E-state index in [4.69, 9.17) is 23.4 Å². The summed E-state index contributed by atoms with van der Waals surface area (Å²) in [6.07, 6.45) is 1.43. The summed E-state index contributed by atoms with van der Waals surface area (Å²) in [5.74, 6) is -1.92. The Morgan fingerprint density at radius 1 is 1.14 bits per heavy atom. The second-order valence-corrected chi connectivity index (χ2v) is 13.3. The zero-order chi connectivity index (χ0) is 21.1. The third-order valence-electron chi connectivity index (χ3n) is 7.57. The maximum Gasteiger partial charge on any atom is 0.232 e. The van der Waals surface area contributed by atoms with E-state index in [-0.39, 0.29) is 42.4 Å². The number of carbonyl (C=O) groups excluding carboxylic acids is 1. The highest BCUT2D eigenvalue weighted by Crippen LogP contribution is 2.61. The van der Waals surface area contributed by atoms with Crippen molar-refractivity contribution in [3.63, 3.8) is 0 Å². The fourth-order valence-electron chi connectivity index (χ4n) is 5.78. The van der Waals surface area contributed by atoms with Crippen LogP contribution in [-0.4, -0.2) is 71.4 Å². The number of hydrogen-bond donors (Lipinski definition) is 1. The number of ketones is 1. The average Bonchev–Trinajstić information content (AvgIpc) is 3.15. The van der Waals surface area contributed by atoms with E-state index in [9.17, 15) is 9.90 Å². The van der Waals surface area contributed by atoms with Gasteiger partial charge in [0.2, 0.25) is 5.79 Å². The van der Waals surface area contributed by atoms with Gasteiger partial charge in [-0.2, -0.15) is 0 Å². The first-order valence-corrected chi connectivity index (χ1v) is 13.7. The molecular formula is C21H38O7Si. The molecule has 0 spiro atoms. The summed E-state index contributed by atoms with van der Waals surface area (Å²) in [5.41, 5.74) is 0. The summed E-state index contributed by atoms with van der Waals surface area (Å²) in [5, 5.41) is 11.1. The first-order chi connectivity index (χ1) is 14.0. The highest BCUT2D eigenvalue weighted by Gasteiger charge is 2.73. The predicted octanol–water partition coefficient (Wildman–Crippen LogP) is 2.57. The van der Waals surface area contributed by atoms with Crippen molar-refractivity contribution in [3.05, 3.63) is 0 Å². The van der Waals surface area contributed by atoms with E-state index >= 15 is 0 Å². The van der Waals surface area contributed by atoms with Crippen LogP contribution in [0.4, 0.5) is 0 Å². The van der Waals surface area contributed by atoms with E-state index in [2.05, 4.69) is 20.8 Å². The molecule has 7 nitrogen and oxygen atoms in total. The Balaban J connectivity index is 1.68. The van der Waals surface area contributed by atoms with Gasteiger partial charge in [-0.1, -0.05) is 20.8 Å². The van der Waals surface area contributed by atoms with Gasteiger partial charge in [0.25, 0.3) is 0 Å². The molecule has 0 aromatic rings. The SMILES string of the molecule is CC[Si](CC)(CC)OC1C2C(=O)C3(O)OCCC(C2CCOCOCCOC)C13. The van der Waals surface area contributed by atoms with E-state index in [1.165, 1.54) is 0 Å². The fraction of sp³-hybridized carbons (Fsp3) is 0.952. The lowest BCUT2D eigenvalue weighted by Crippen LogP contribution is -2.56. The highest BCUT2D eigenvalue weighted by atomic mass is 28.4. The van der Waals surface area contributed by atoms with E-state index in [0.29, 0.717) is 26.4 Å². The Hall–Kier alpha value is -0.353. The summed E-state index contributed by atoms with van der Waals surface area (Å²) < 4.78 is 28.4. The van der Waals surface area contributed by atoms with Crippen molar-refractivity contribution in [1.82, 2.24) is 0 Å². The molecule has 1 aliphatic heterocycles. The van der Waals surface area contributed by atoms with Crippen LogP contribution in [0.5, 0.6) is 0 Å². The molecule has 1 heterocycles. The van der Waals surface area contributed by atoms with Crippen molar-refractivity contribution in [2.45, 2.75) is 63.6 Å². The lowest BCUT2D eigenvalue weighted by Gasteiger charge is -2.44. The number of carbonyl (C=O) groups is 1. The molecule has 0 aromatic carbocycles. The van der Waals surface area contributed by atoms with Crippen LogP contribution in [0, 0.1) is 23.7 Å². The first-order valence-electron chi connectivity index (χ1n) is 11.2. The van der Waals surface area contributed by atoms with Crippen LogP contribution in [0.15, 0.2) is 0 Å². The summed E-state index contributed by atoms with van der Waals surface area (Å²) in [6.45, 7) is 8.82. The second-order valence-electron chi connectivity index (χ2n) is 8.62. The van der Waals surface area contributed by atoms with Gasteiger partial charge in [0, 0.05) is 19.6 Å². The molecule has 6 atom stereocenters. The first kappa shape index (κ1) is 23.3. The van der Waals surface area contributed by atoms with Gasteiger partial charge in [-0.25, -0.2) is 0 Å². The van der Waals surface area contributed by atoms with Crippen molar-refractivity contribution in [2.24, 2.45) is 23.7 Å². The molecule has 3 aliphatic rings. The van der Waals surface area contributed by atoms with Crippen LogP contribution >= 0.6 is 0 Å². The lowest BCUT2D eigenvalue weighted by atomic mass is 9.71. The number of Topliss-reactive ketones (excluding diaryl/α,β-unsaturated/α-hetero) is 1. The van der Waals surface area contributed by atoms with Crippen LogP contribution in [0.3, 0.4) is 0 Å². The zero-order valence-electron chi connectivity index (χ0n) is 18.4. The van der Waals surface area contributed by atoms with Crippen LogP contribution in [0.2, 0.25) is 18.1 Å². The smallest absolute Gasteiger partial charge is 0.232 e. The molecule has 168 valence electrons. The van der Waals surface area contributed by atoms with Gasteiger partial charge in [0.15, 0.2) is 14.1 Å². The molecule has 2 bridgehead atoms. The zero-order valence-corrected chi connectivity index (χ0v) is 19.4. The van der Waals surface area contributed by atoms with Crippen molar-refractivity contribution in [3.8, 4) is 0 Å². The molecule has 29 heavy (non-hydrogen) atoms. The van der Waals surface area contributed by atoms with Gasteiger partial charge < -0.3 is 28.5 Å². The lowest BCUT2D eigenvalue weighted by molar-refractivity contribution is -0.259. The quantitative estimate of drug-likeness (QED) is 0.273. The number of rotatable bonds is 13. The molecule has 0 amide bonds. The molecule has 8 heteroatoms. The number of hydrogen-bond acceptors (Lipinski definition) is 7. The van der Waals surface area contributed by atoms with Crippen molar-refractivity contribution in [2.75, 3.05) is 40.3 Å². The minimum Gasteiger partial charge on any atom is -0.413 e. The molecule has 3 rings (SSSR count). The Bertz CT molecular complexity index is 547. The van der Waals surface area contributed by atoms with Crippen LogP contribution in [-0.2, 0) is 28.2 Å². The number of fused-ring (bicyclic) bond motifs is 1. The van der Waals surface area contributed by atoms with E-state index in [1.54, 1.807) is 7.11 Å². The molecule has 2 saturated carbocycles. The number of aliphatic hydroxyl groups is 1. The van der Waals surface area contributed by atoms with Gasteiger partial charge in [-0.05, 0) is 42.8 Å². The number of methoxy groups -OCH3 is 1. The van der Waals surface area contributed by atoms with Gasteiger partial charge in [-0.3, -0.25) is 4.79 Å². The molecule has 0 aromatic heterocycles. The normalized spacial score (nSPS) is 36.2. The molecule has 6 unspecified atom stereocenters. The fourth-order valence-corrected chi connectivity index (χ4v) is 8.65. The van der Waals surface area contributed by atoms with Gasteiger partial charge in [0.1, 0.15) is 6.79 Å². The number of ether oxygens (including phenoxy) is 4. The Morgan fingerprint density at radius 3 is 2.48 bits per heavy atom. The van der Waals surface area contributed by atoms with E-state index in [1.807, 2.05) is 0 Å². The Morgan fingerprint density at radius 2 is 1.83 bits per heavy atom. The maximum absolute atomic E-state index is 13.2. The van der Waals surface area contributed by atoms with E-state index in [0.717, 1.165) is 31.0 Å². The molecule has 2 aliphatic carbocycles. The monoisotopic (exact) mass is 430 g/mol. The minimum absolute atomic E-state index is 0.170. The third kappa shape index (κ3) is 4.22. The summed E-state index contributed by atoms with van der Waals surface area (Å²) in [7, 11) is -0.269. The summed E-state index contributed by atoms with van der Waals surface area (Å²) in [6, 6.07) is 3.09. The van der Waals surface area contributed by atoms with Crippen LogP contribution in [0.1, 0.15) is 33.6 Å². The molecule has 1 saturated heterocycles. The average molecular weight is 431 g/mol. The van der Waals surface area contributed by atoms with Crippen LogP contribution < -0.4 is 0 Å². The molecule has 3 fully saturated rings. The minimum atomic E-state index is -1.90. The molecule has 1 N–H and O–H groups in total. The van der Waals surface area contributed by atoms with Gasteiger partial charge in [-0.15, -0.1) is 0 Å². The third-order valence-corrected chi connectivity index (χ3v) is 12.2. The molecule has 0 radical (unpaired) electrons. The summed E-state index contributed by atoms with van der Waals surface area (Å²) in [4.78, 5) is 13.2. The van der Waals surface area contributed by atoms with Crippen molar-refractivity contribution >= 4 is 14.1 Å². The second kappa shape index (κ2) is 9.85. The predicted molar refractivity (Wildman–Crippen MR) is 110 cm³/mol. The van der Waals surface area contributed by atoms with Gasteiger partial charge in [0.05, 0.1) is 31.8 Å². The maximum atomic E-state index is 13.2. The van der Waals surface area contributed by atoms with Crippen molar-refractivity contribution < 1.29 is 33.3 Å². The standard InChI is InChI=1S/C21H38O7Si/c1-5-29(6-2,7-3)28-19-17-15(8-10-25-14-26-13-12-24-4)16-9-11-27-21(23,18(16)19)20(17)22/h15-19,23H,5-14H2,1-4H3.